The maximum absolute atomic E-state index is 14.2. The van der Waals surface area contributed by atoms with E-state index in [1.54, 1.807) is 31.3 Å². The number of hydrogen-bond acceptors (Lipinski definition) is 6. The summed E-state index contributed by atoms with van der Waals surface area (Å²) < 4.78 is 35.1. The third-order valence-corrected chi connectivity index (χ3v) is 5.87. The van der Waals surface area contributed by atoms with Gasteiger partial charge in [-0.2, -0.15) is 9.49 Å². The van der Waals surface area contributed by atoms with E-state index < -0.39 is 58.9 Å². The molecule has 1 unspecified atom stereocenters. The quantitative estimate of drug-likeness (QED) is 0.342. The first kappa shape index (κ1) is 22.5. The van der Waals surface area contributed by atoms with Gasteiger partial charge in [0.1, 0.15) is 18.2 Å². The molecule has 5 rings (SSSR count). The van der Waals surface area contributed by atoms with E-state index in [9.17, 15) is 28.3 Å². The van der Waals surface area contributed by atoms with Gasteiger partial charge in [-0.3, -0.25) is 19.5 Å². The van der Waals surface area contributed by atoms with Gasteiger partial charge < -0.3 is 25.0 Å². The number of pyridine rings is 1. The van der Waals surface area contributed by atoms with Crippen LogP contribution in [0.1, 0.15) is 23.3 Å². The summed E-state index contributed by atoms with van der Waals surface area (Å²) in [6.07, 6.45) is 2.83. The van der Waals surface area contributed by atoms with Gasteiger partial charge in [0.2, 0.25) is 17.2 Å². The summed E-state index contributed by atoms with van der Waals surface area (Å²) >= 11 is 0. The topological polar surface area (TPSA) is 138 Å². The minimum absolute atomic E-state index is 0.00521. The number of aliphatic hydroxyl groups excluding tert-OH is 1. The Hall–Kier alpha value is -4.32. The average Bonchev–Trinajstić information content (AvgIpc) is 3.31. The summed E-state index contributed by atoms with van der Waals surface area (Å²) in [7, 11) is 0. The summed E-state index contributed by atoms with van der Waals surface area (Å²) in [4.78, 5) is 38.7. The number of aromatic nitrogens is 3. The number of anilines is 1. The molecule has 0 fully saturated rings. The molecular formula is C23H19F2N5O5. The number of rotatable bonds is 5. The Kier molecular flexibility index (Phi) is 5.44. The number of aliphatic hydroxyl groups is 1. The average molecular weight is 483 g/mol. The zero-order valence-electron chi connectivity index (χ0n) is 18.3. The second-order valence-electron chi connectivity index (χ2n) is 8.21. The lowest BCUT2D eigenvalue weighted by Crippen LogP contribution is -2.47. The van der Waals surface area contributed by atoms with Crippen molar-refractivity contribution in [3.63, 3.8) is 0 Å². The summed E-state index contributed by atoms with van der Waals surface area (Å²) in [6, 6.07) is 3.91. The van der Waals surface area contributed by atoms with Crippen LogP contribution in [0, 0.1) is 11.6 Å². The number of carbonyl (C=O) groups is 2. The number of amides is 2. The number of H-pyrrole nitrogens is 1. The molecule has 12 heteroatoms. The molecule has 4 N–H and O–H groups in total. The van der Waals surface area contributed by atoms with E-state index in [1.807, 2.05) is 0 Å². The number of nitrogens with one attached hydrogen (secondary N) is 3. The first-order valence-corrected chi connectivity index (χ1v) is 10.6. The fourth-order valence-electron chi connectivity index (χ4n) is 4.03. The van der Waals surface area contributed by atoms with Crippen LogP contribution in [0.25, 0.3) is 21.8 Å². The Bertz CT molecular complexity index is 1560. The van der Waals surface area contributed by atoms with Gasteiger partial charge in [0.25, 0.3) is 5.91 Å². The minimum Gasteiger partial charge on any atom is -0.486 e. The number of nitrogens with zero attached hydrogens (tertiary/aromatic N) is 2. The Morgan fingerprint density at radius 2 is 2.14 bits per heavy atom. The zero-order valence-corrected chi connectivity index (χ0v) is 18.3. The molecular weight excluding hydrogens is 464 g/mol. The first-order chi connectivity index (χ1) is 16.8. The van der Waals surface area contributed by atoms with Gasteiger partial charge >= 0.3 is 0 Å². The number of hydrogen-bond donors (Lipinski definition) is 4. The third kappa shape index (κ3) is 3.77. The second kappa shape index (κ2) is 8.47. The molecule has 180 valence electrons. The lowest BCUT2D eigenvalue weighted by molar-refractivity contribution is -0.118. The Balaban J connectivity index is 1.45. The smallest absolute Gasteiger partial charge is 0.257 e. The van der Waals surface area contributed by atoms with Crippen molar-refractivity contribution < 1.29 is 28.2 Å². The molecule has 2 aromatic heterocycles. The molecule has 0 saturated carbocycles. The zero-order chi connectivity index (χ0) is 24.9. The summed E-state index contributed by atoms with van der Waals surface area (Å²) in [5.41, 5.74) is -0.156. The van der Waals surface area contributed by atoms with Crippen LogP contribution < -0.4 is 20.8 Å². The van der Waals surface area contributed by atoms with Crippen LogP contribution in [0.2, 0.25) is 0 Å². The first-order valence-electron chi connectivity index (χ1n) is 10.6. The van der Waals surface area contributed by atoms with E-state index in [-0.39, 0.29) is 17.5 Å². The van der Waals surface area contributed by atoms with Crippen molar-refractivity contribution in [1.82, 2.24) is 20.1 Å². The highest BCUT2D eigenvalue weighted by Crippen LogP contribution is 2.35. The molecule has 0 spiro atoms. The van der Waals surface area contributed by atoms with Crippen LogP contribution in [-0.2, 0) is 4.79 Å². The van der Waals surface area contributed by atoms with Crippen LogP contribution >= 0.6 is 0 Å². The molecule has 35 heavy (non-hydrogen) atoms. The highest BCUT2D eigenvalue weighted by molar-refractivity contribution is 6.03. The molecule has 3 heterocycles. The standard InChI is InChI=1S/C23H19F2N5O5/c1-10-9-35-21-18(25)15(24)5-13-19(21)30(10)7-14(20(13)32)22(33)28-17(8-31)23(34)27-12-3-2-11-6-26-29-16(11)4-12/h2-7,10,17,31H,8-9H2,1H3,(H,26,29)(H,27,34)(H,28,33)/t10?,17-/m0/s1. The Labute approximate surface area is 195 Å². The van der Waals surface area contributed by atoms with Crippen LogP contribution in [-0.4, -0.2) is 50.9 Å². The Morgan fingerprint density at radius 1 is 1.34 bits per heavy atom. The SMILES string of the molecule is CC1COc2c(F)c(F)cc3c(=O)c(C(=O)N[C@@H](CO)C(=O)Nc4ccc5cn[nH]c5c4)cn1c23. The number of carbonyl (C=O) groups excluding carboxylic acids is 2. The number of fused-ring (bicyclic) bond motifs is 1. The van der Waals surface area contributed by atoms with Gasteiger partial charge in [0, 0.05) is 17.3 Å². The van der Waals surface area contributed by atoms with Crippen LogP contribution in [0.3, 0.4) is 0 Å². The normalized spacial score (nSPS) is 15.6. The Morgan fingerprint density at radius 3 is 2.91 bits per heavy atom. The van der Waals surface area contributed by atoms with Crippen molar-refractivity contribution in [1.29, 1.82) is 0 Å². The summed E-state index contributed by atoms with van der Waals surface area (Å²) in [6.45, 7) is 0.963. The molecule has 1 aliphatic heterocycles. The summed E-state index contributed by atoms with van der Waals surface area (Å²) in [5, 5.41) is 21.9. The predicted molar refractivity (Wildman–Crippen MR) is 121 cm³/mol. The molecule has 0 aliphatic carbocycles. The minimum atomic E-state index is -1.39. The van der Waals surface area contributed by atoms with E-state index in [2.05, 4.69) is 20.8 Å². The van der Waals surface area contributed by atoms with E-state index in [4.69, 9.17) is 4.74 Å². The van der Waals surface area contributed by atoms with E-state index in [0.29, 0.717) is 17.3 Å². The van der Waals surface area contributed by atoms with Crippen LogP contribution in [0.15, 0.2) is 41.5 Å². The van der Waals surface area contributed by atoms with Gasteiger partial charge in [-0.15, -0.1) is 0 Å². The van der Waals surface area contributed by atoms with Crippen molar-refractivity contribution in [2.24, 2.45) is 0 Å². The molecule has 10 nitrogen and oxygen atoms in total. The van der Waals surface area contributed by atoms with Crippen molar-refractivity contribution in [3.8, 4) is 5.75 Å². The molecule has 2 aromatic carbocycles. The molecule has 0 radical (unpaired) electrons. The molecule has 0 bridgehead atoms. The molecule has 0 saturated heterocycles. The molecule has 4 aromatic rings. The number of aromatic amines is 1. The van der Waals surface area contributed by atoms with Crippen molar-refractivity contribution in [2.45, 2.75) is 19.0 Å². The second-order valence-corrected chi connectivity index (χ2v) is 8.21. The fraction of sp³-hybridized carbons (Fsp3) is 0.217. The van der Waals surface area contributed by atoms with Crippen molar-refractivity contribution >= 4 is 39.3 Å². The van der Waals surface area contributed by atoms with Gasteiger partial charge in [0.05, 0.1) is 35.3 Å². The van der Waals surface area contributed by atoms with Gasteiger partial charge in [-0.05, 0) is 31.2 Å². The number of halogens is 2. The van der Waals surface area contributed by atoms with Crippen molar-refractivity contribution in [2.75, 3.05) is 18.5 Å². The lowest BCUT2D eigenvalue weighted by atomic mass is 10.1. The van der Waals surface area contributed by atoms with Crippen molar-refractivity contribution in [3.05, 3.63) is 64.1 Å². The van der Waals surface area contributed by atoms with Gasteiger partial charge in [-0.25, -0.2) is 4.39 Å². The highest BCUT2D eigenvalue weighted by atomic mass is 19.2. The van der Waals surface area contributed by atoms with E-state index >= 15 is 0 Å². The monoisotopic (exact) mass is 483 g/mol. The molecule has 2 atom stereocenters. The highest BCUT2D eigenvalue weighted by Gasteiger charge is 2.29. The maximum Gasteiger partial charge on any atom is 0.257 e. The molecule has 2 amide bonds. The van der Waals surface area contributed by atoms with E-state index in [0.717, 1.165) is 5.39 Å². The molecule has 1 aliphatic rings. The van der Waals surface area contributed by atoms with Gasteiger partial charge in [0.15, 0.2) is 11.6 Å². The predicted octanol–water partition coefficient (Wildman–Crippen LogP) is 1.84. The van der Waals surface area contributed by atoms with Gasteiger partial charge in [-0.1, -0.05) is 0 Å². The fourth-order valence-corrected chi connectivity index (χ4v) is 4.03. The van der Waals surface area contributed by atoms with Crippen LogP contribution in [0.5, 0.6) is 5.75 Å². The van der Waals surface area contributed by atoms with Crippen LogP contribution in [0.4, 0.5) is 14.5 Å². The third-order valence-electron chi connectivity index (χ3n) is 5.87. The van der Waals surface area contributed by atoms with E-state index in [1.165, 1.54) is 10.8 Å². The number of ether oxygens (including phenoxy) is 1. The maximum atomic E-state index is 14.2. The lowest BCUT2D eigenvalue weighted by Gasteiger charge is -2.27. The summed E-state index contributed by atoms with van der Waals surface area (Å²) in [5.74, 6) is -4.59. The largest absolute Gasteiger partial charge is 0.486 e. The number of benzene rings is 2.